The molecule has 6 unspecified atom stereocenters. The van der Waals surface area contributed by atoms with Crippen molar-refractivity contribution in [2.24, 2.45) is 0 Å². The molecule has 0 radical (unpaired) electrons. The number of aliphatic hydroxyl groups excluding tert-OH is 3. The van der Waals surface area contributed by atoms with Crippen LogP contribution in [0, 0.1) is 0 Å². The summed E-state index contributed by atoms with van der Waals surface area (Å²) in [5.41, 5.74) is 0. The van der Waals surface area contributed by atoms with Crippen molar-refractivity contribution in [2.45, 2.75) is 36.9 Å². The summed E-state index contributed by atoms with van der Waals surface area (Å²) >= 11 is 0. The van der Waals surface area contributed by atoms with Crippen LogP contribution < -0.4 is 34.5 Å². The molecule has 1 heterocycles. The Morgan fingerprint density at radius 3 is 2.26 bits per heavy atom. The van der Waals surface area contributed by atoms with E-state index in [9.17, 15) is 24.8 Å². The third-order valence-electron chi connectivity index (χ3n) is 2.61. The Bertz CT molecular complexity index is 334. The SMILES string of the molecule is C=CCC1OC(COP(=O)([O-])O)C(O)C(O)C1O.[Na+]. The van der Waals surface area contributed by atoms with E-state index in [-0.39, 0.29) is 36.0 Å². The fourth-order valence-electron chi connectivity index (χ4n) is 1.69. The second-order valence-electron chi connectivity index (χ2n) is 3.97. The van der Waals surface area contributed by atoms with Crippen LogP contribution in [0.4, 0.5) is 0 Å². The third-order valence-corrected chi connectivity index (χ3v) is 3.09. The molecule has 0 aromatic rings. The quantitative estimate of drug-likeness (QED) is 0.225. The molecule has 0 aromatic heterocycles. The van der Waals surface area contributed by atoms with Crippen LogP contribution in [0.1, 0.15) is 6.42 Å². The molecule has 6 atom stereocenters. The molecule has 1 aliphatic heterocycles. The van der Waals surface area contributed by atoms with Gasteiger partial charge in [0.1, 0.15) is 24.4 Å². The maximum absolute atomic E-state index is 10.4. The summed E-state index contributed by atoms with van der Waals surface area (Å²) in [7, 11) is -4.93. The van der Waals surface area contributed by atoms with Crippen LogP contribution in [0.5, 0.6) is 0 Å². The Balaban J connectivity index is 0.00000324. The summed E-state index contributed by atoms with van der Waals surface area (Å²) in [6, 6.07) is 0. The standard InChI is InChI=1S/C9H17O8P.Na/c1-2-3-5-7(10)9(12)8(11)6(17-5)4-16-18(13,14)15;/h2,5-12H,1,3-4H2,(H2,13,14,15);/q;+1/p-1. The summed E-state index contributed by atoms with van der Waals surface area (Å²) in [6.45, 7) is 2.79. The van der Waals surface area contributed by atoms with Gasteiger partial charge in [0.2, 0.25) is 0 Å². The molecule has 4 N–H and O–H groups in total. The van der Waals surface area contributed by atoms with Gasteiger partial charge >= 0.3 is 29.6 Å². The average Bonchev–Trinajstić information content (AvgIpc) is 2.27. The Labute approximate surface area is 132 Å². The second kappa shape index (κ2) is 8.21. The van der Waals surface area contributed by atoms with Gasteiger partial charge in [-0.25, -0.2) is 0 Å². The Kier molecular flexibility index (Phi) is 8.51. The van der Waals surface area contributed by atoms with Crippen LogP contribution in [-0.2, 0) is 13.8 Å². The first-order valence-corrected chi connectivity index (χ1v) is 6.74. The van der Waals surface area contributed by atoms with Gasteiger partial charge in [-0.3, -0.25) is 4.57 Å². The van der Waals surface area contributed by atoms with Crippen molar-refractivity contribution in [1.29, 1.82) is 0 Å². The minimum Gasteiger partial charge on any atom is -0.756 e. The Hall–Kier alpha value is 0.690. The summed E-state index contributed by atoms with van der Waals surface area (Å²) in [5, 5.41) is 28.7. The zero-order chi connectivity index (χ0) is 13.9. The van der Waals surface area contributed by atoms with Gasteiger partial charge in [0.15, 0.2) is 0 Å². The number of phosphoric ester groups is 1. The van der Waals surface area contributed by atoms with Gasteiger partial charge in [-0.1, -0.05) is 6.08 Å². The fourth-order valence-corrected chi connectivity index (χ4v) is 2.03. The average molecular weight is 306 g/mol. The van der Waals surface area contributed by atoms with E-state index in [0.29, 0.717) is 0 Å². The molecule has 8 nitrogen and oxygen atoms in total. The van der Waals surface area contributed by atoms with E-state index in [1.165, 1.54) is 6.08 Å². The summed E-state index contributed by atoms with van der Waals surface area (Å²) in [4.78, 5) is 18.9. The number of hydrogen-bond donors (Lipinski definition) is 4. The van der Waals surface area contributed by atoms with Crippen LogP contribution in [-0.4, -0.2) is 57.3 Å². The van der Waals surface area contributed by atoms with Gasteiger partial charge in [0.25, 0.3) is 7.82 Å². The van der Waals surface area contributed by atoms with Gasteiger partial charge in [0.05, 0.1) is 12.7 Å². The van der Waals surface area contributed by atoms with Crippen molar-refractivity contribution in [2.75, 3.05) is 6.61 Å². The number of ether oxygens (including phenoxy) is 1. The molecule has 0 saturated carbocycles. The summed E-state index contributed by atoms with van der Waals surface area (Å²) < 4.78 is 19.7. The molecule has 0 spiro atoms. The van der Waals surface area contributed by atoms with Crippen LogP contribution >= 0.6 is 7.82 Å². The minimum atomic E-state index is -4.93. The molecule has 1 saturated heterocycles. The first-order chi connectivity index (χ1) is 8.26. The zero-order valence-electron chi connectivity index (χ0n) is 10.5. The van der Waals surface area contributed by atoms with E-state index < -0.39 is 44.9 Å². The van der Waals surface area contributed by atoms with E-state index in [2.05, 4.69) is 11.1 Å². The van der Waals surface area contributed by atoms with E-state index >= 15 is 0 Å². The van der Waals surface area contributed by atoms with E-state index in [4.69, 9.17) is 9.63 Å². The van der Waals surface area contributed by atoms with Crippen LogP contribution in [0.3, 0.4) is 0 Å². The van der Waals surface area contributed by atoms with Crippen molar-refractivity contribution in [3.8, 4) is 0 Å². The van der Waals surface area contributed by atoms with Gasteiger partial charge in [-0.05, 0) is 6.42 Å². The van der Waals surface area contributed by atoms with Crippen molar-refractivity contribution in [3.05, 3.63) is 12.7 Å². The molecular weight excluding hydrogens is 290 g/mol. The maximum Gasteiger partial charge on any atom is 1.00 e. The molecule has 1 fully saturated rings. The number of rotatable bonds is 5. The molecule has 1 aliphatic rings. The predicted molar refractivity (Wildman–Crippen MR) is 57.3 cm³/mol. The Morgan fingerprint density at radius 2 is 1.79 bits per heavy atom. The molecule has 0 aliphatic carbocycles. The van der Waals surface area contributed by atoms with Crippen LogP contribution in [0.15, 0.2) is 12.7 Å². The molecule has 0 bridgehead atoms. The topological polar surface area (TPSA) is 140 Å². The molecule has 0 aromatic carbocycles. The molecule has 1 rings (SSSR count). The smallest absolute Gasteiger partial charge is 0.756 e. The normalized spacial score (nSPS) is 38.1. The van der Waals surface area contributed by atoms with Crippen LogP contribution in [0.2, 0.25) is 0 Å². The summed E-state index contributed by atoms with van der Waals surface area (Å²) in [5.74, 6) is 0. The van der Waals surface area contributed by atoms with E-state index in [1.807, 2.05) is 0 Å². The van der Waals surface area contributed by atoms with Crippen molar-refractivity contribution < 1.29 is 68.5 Å². The van der Waals surface area contributed by atoms with Gasteiger partial charge in [-0.2, -0.15) is 0 Å². The van der Waals surface area contributed by atoms with Crippen molar-refractivity contribution in [1.82, 2.24) is 0 Å². The Morgan fingerprint density at radius 1 is 1.26 bits per heavy atom. The number of hydrogen-bond acceptors (Lipinski definition) is 7. The van der Waals surface area contributed by atoms with Crippen molar-refractivity contribution >= 4 is 7.82 Å². The second-order valence-corrected chi connectivity index (χ2v) is 5.17. The monoisotopic (exact) mass is 306 g/mol. The molecule has 0 amide bonds. The fraction of sp³-hybridized carbons (Fsp3) is 0.778. The molecular formula is C9H16NaO8P. The van der Waals surface area contributed by atoms with Crippen LogP contribution in [0.25, 0.3) is 0 Å². The van der Waals surface area contributed by atoms with Gasteiger partial charge in [-0.15, -0.1) is 6.58 Å². The molecule has 10 heteroatoms. The zero-order valence-corrected chi connectivity index (χ0v) is 13.3. The molecule has 106 valence electrons. The van der Waals surface area contributed by atoms with E-state index in [1.54, 1.807) is 0 Å². The first-order valence-electron chi connectivity index (χ1n) is 5.25. The van der Waals surface area contributed by atoms with Crippen molar-refractivity contribution in [3.63, 3.8) is 0 Å². The predicted octanol–water partition coefficient (Wildman–Crippen LogP) is -5.11. The van der Waals surface area contributed by atoms with E-state index in [0.717, 1.165) is 0 Å². The largest absolute Gasteiger partial charge is 1.00 e. The molecule has 19 heavy (non-hydrogen) atoms. The number of phosphoric acid groups is 1. The minimum absolute atomic E-state index is 0. The third kappa shape index (κ3) is 5.91. The first kappa shape index (κ1) is 19.7. The maximum atomic E-state index is 10.4. The van der Waals surface area contributed by atoms with Gasteiger partial charge < -0.3 is 34.4 Å². The number of aliphatic hydroxyl groups is 3. The summed E-state index contributed by atoms with van der Waals surface area (Å²) in [6.07, 6.45) is -4.70. The van der Waals surface area contributed by atoms with Gasteiger partial charge in [0, 0.05) is 0 Å².